The Morgan fingerprint density at radius 2 is 2.53 bits per heavy atom. The molecule has 1 saturated heterocycles. The number of rotatable bonds is 6. The van der Waals surface area contributed by atoms with E-state index in [-0.39, 0.29) is 11.8 Å². The maximum absolute atomic E-state index is 8.45. The molecule has 0 aliphatic carbocycles. The number of ether oxygens (including phenoxy) is 1. The summed E-state index contributed by atoms with van der Waals surface area (Å²) >= 11 is 0. The predicted octanol–water partition coefficient (Wildman–Crippen LogP) is 0.528. The summed E-state index contributed by atoms with van der Waals surface area (Å²) in [4.78, 5) is 0. The molecule has 0 amide bonds. The predicted molar refractivity (Wildman–Crippen MR) is 59.0 cm³/mol. The van der Waals surface area contributed by atoms with E-state index in [1.807, 2.05) is 6.92 Å². The molecule has 0 radical (unpaired) electrons. The van der Waals surface area contributed by atoms with Crippen molar-refractivity contribution < 1.29 is 9.94 Å². The lowest BCUT2D eigenvalue weighted by molar-refractivity contribution is 0.104. The zero-order chi connectivity index (χ0) is 11.1. The van der Waals surface area contributed by atoms with Crippen LogP contribution in [0.5, 0.6) is 0 Å². The second-order valence-electron chi connectivity index (χ2n) is 4.05. The van der Waals surface area contributed by atoms with Gasteiger partial charge in [0.15, 0.2) is 0 Å². The number of nitrogens with zero attached hydrogens (tertiary/aromatic N) is 1. The van der Waals surface area contributed by atoms with Gasteiger partial charge in [0, 0.05) is 19.1 Å². The van der Waals surface area contributed by atoms with E-state index >= 15 is 0 Å². The van der Waals surface area contributed by atoms with Gasteiger partial charge >= 0.3 is 0 Å². The van der Waals surface area contributed by atoms with Crippen LogP contribution in [0.15, 0.2) is 5.16 Å². The lowest BCUT2D eigenvalue weighted by Gasteiger charge is -2.13. The lowest BCUT2D eigenvalue weighted by atomic mass is 10.1. The molecule has 0 spiro atoms. The summed E-state index contributed by atoms with van der Waals surface area (Å²) in [6, 6.07) is 0. The van der Waals surface area contributed by atoms with E-state index in [2.05, 4.69) is 10.5 Å². The number of hydrogen-bond donors (Lipinski definition) is 3. The third-order valence-corrected chi connectivity index (χ3v) is 2.74. The lowest BCUT2D eigenvalue weighted by Crippen LogP contribution is -2.32. The monoisotopic (exact) mass is 215 g/mol. The first-order valence-corrected chi connectivity index (χ1v) is 5.53. The standard InChI is InChI=1S/C10H21N3O2/c1-8(10(11)13-14)7-12-5-4-9-3-2-6-15-9/h8-9,12,14H,2-7H2,1H3,(H2,11,13). The molecular weight excluding hydrogens is 194 g/mol. The smallest absolute Gasteiger partial charge is 0.143 e. The van der Waals surface area contributed by atoms with Crippen molar-refractivity contribution >= 4 is 5.84 Å². The Bertz CT molecular complexity index is 203. The Morgan fingerprint density at radius 1 is 1.73 bits per heavy atom. The summed E-state index contributed by atoms with van der Waals surface area (Å²) in [7, 11) is 0. The Balaban J connectivity index is 2.00. The van der Waals surface area contributed by atoms with Crippen LogP contribution in [-0.2, 0) is 4.74 Å². The Kier molecular flexibility index (Phi) is 5.42. The molecule has 0 saturated carbocycles. The molecule has 4 N–H and O–H groups in total. The van der Waals surface area contributed by atoms with E-state index in [1.165, 1.54) is 12.8 Å². The summed E-state index contributed by atoms with van der Waals surface area (Å²) in [5.74, 6) is 0.346. The fraction of sp³-hybridized carbons (Fsp3) is 0.900. The fourth-order valence-electron chi connectivity index (χ4n) is 1.66. The van der Waals surface area contributed by atoms with Gasteiger partial charge in [-0.25, -0.2) is 0 Å². The molecule has 1 rings (SSSR count). The normalized spacial score (nSPS) is 24.3. The van der Waals surface area contributed by atoms with E-state index < -0.39 is 0 Å². The van der Waals surface area contributed by atoms with E-state index in [0.29, 0.717) is 6.10 Å². The van der Waals surface area contributed by atoms with Gasteiger partial charge in [0.2, 0.25) is 0 Å². The first kappa shape index (κ1) is 12.3. The maximum Gasteiger partial charge on any atom is 0.143 e. The molecule has 0 aromatic heterocycles. The third kappa shape index (κ3) is 4.48. The molecule has 1 fully saturated rings. The van der Waals surface area contributed by atoms with Gasteiger partial charge in [0.1, 0.15) is 5.84 Å². The van der Waals surface area contributed by atoms with Crippen molar-refractivity contribution in [3.05, 3.63) is 0 Å². The molecule has 2 unspecified atom stereocenters. The van der Waals surface area contributed by atoms with Gasteiger partial charge in [-0.3, -0.25) is 0 Å². The van der Waals surface area contributed by atoms with Crippen LogP contribution in [0.25, 0.3) is 0 Å². The van der Waals surface area contributed by atoms with Gasteiger partial charge in [-0.2, -0.15) is 0 Å². The summed E-state index contributed by atoms with van der Waals surface area (Å²) in [5, 5.41) is 14.7. The SMILES string of the molecule is CC(CNCCC1CCCO1)C(N)=NO. The Morgan fingerprint density at radius 3 is 3.13 bits per heavy atom. The van der Waals surface area contributed by atoms with E-state index in [0.717, 1.165) is 26.1 Å². The number of amidine groups is 1. The molecule has 1 aliphatic heterocycles. The van der Waals surface area contributed by atoms with Crippen LogP contribution in [-0.4, -0.2) is 36.8 Å². The molecule has 15 heavy (non-hydrogen) atoms. The molecule has 0 aromatic carbocycles. The average Bonchev–Trinajstić information content (AvgIpc) is 2.75. The van der Waals surface area contributed by atoms with E-state index in [1.54, 1.807) is 0 Å². The van der Waals surface area contributed by atoms with Crippen LogP contribution in [0.3, 0.4) is 0 Å². The summed E-state index contributed by atoms with van der Waals surface area (Å²) in [5.41, 5.74) is 5.46. The van der Waals surface area contributed by atoms with Gasteiger partial charge in [0.25, 0.3) is 0 Å². The Hall–Kier alpha value is -0.810. The zero-order valence-corrected chi connectivity index (χ0v) is 9.28. The summed E-state index contributed by atoms with van der Waals surface area (Å²) in [6.07, 6.45) is 3.84. The van der Waals surface area contributed by atoms with Gasteiger partial charge in [0.05, 0.1) is 6.10 Å². The molecule has 1 heterocycles. The molecule has 5 heteroatoms. The van der Waals surface area contributed by atoms with E-state index in [4.69, 9.17) is 15.7 Å². The van der Waals surface area contributed by atoms with Crippen molar-refractivity contribution in [1.29, 1.82) is 0 Å². The van der Waals surface area contributed by atoms with Crippen LogP contribution in [0.4, 0.5) is 0 Å². The number of hydrogen-bond acceptors (Lipinski definition) is 4. The van der Waals surface area contributed by atoms with E-state index in [9.17, 15) is 0 Å². The second-order valence-corrected chi connectivity index (χ2v) is 4.05. The van der Waals surface area contributed by atoms with Crippen molar-refractivity contribution in [1.82, 2.24) is 5.32 Å². The van der Waals surface area contributed by atoms with Crippen LogP contribution in [0, 0.1) is 5.92 Å². The molecule has 2 atom stereocenters. The van der Waals surface area contributed by atoms with Gasteiger partial charge in [-0.1, -0.05) is 12.1 Å². The van der Waals surface area contributed by atoms with Gasteiger partial charge in [-0.05, 0) is 25.8 Å². The van der Waals surface area contributed by atoms with Crippen LogP contribution < -0.4 is 11.1 Å². The minimum atomic E-state index is 0.0690. The Labute approximate surface area is 90.7 Å². The van der Waals surface area contributed by atoms with Crippen molar-refractivity contribution in [2.75, 3.05) is 19.7 Å². The largest absolute Gasteiger partial charge is 0.409 e. The maximum atomic E-state index is 8.45. The highest BCUT2D eigenvalue weighted by atomic mass is 16.5. The number of nitrogens with two attached hydrogens (primary N) is 1. The highest BCUT2D eigenvalue weighted by molar-refractivity contribution is 5.82. The number of nitrogens with one attached hydrogen (secondary N) is 1. The number of oxime groups is 1. The molecule has 88 valence electrons. The van der Waals surface area contributed by atoms with Crippen LogP contribution in [0.2, 0.25) is 0 Å². The molecule has 0 bridgehead atoms. The molecule has 1 aliphatic rings. The average molecular weight is 215 g/mol. The van der Waals surface area contributed by atoms with Gasteiger partial charge in [-0.15, -0.1) is 0 Å². The summed E-state index contributed by atoms with van der Waals surface area (Å²) in [6.45, 7) is 4.50. The second kappa shape index (κ2) is 6.63. The van der Waals surface area contributed by atoms with Crippen molar-refractivity contribution in [2.45, 2.75) is 32.3 Å². The van der Waals surface area contributed by atoms with Crippen molar-refractivity contribution in [3.63, 3.8) is 0 Å². The van der Waals surface area contributed by atoms with Crippen LogP contribution >= 0.6 is 0 Å². The first-order valence-electron chi connectivity index (χ1n) is 5.53. The molecule has 5 nitrogen and oxygen atoms in total. The minimum Gasteiger partial charge on any atom is -0.409 e. The highest BCUT2D eigenvalue weighted by Gasteiger charge is 2.14. The molecular formula is C10H21N3O2. The first-order chi connectivity index (χ1) is 7.24. The minimum absolute atomic E-state index is 0.0690. The van der Waals surface area contributed by atoms with Crippen molar-refractivity contribution in [2.24, 2.45) is 16.8 Å². The van der Waals surface area contributed by atoms with Crippen molar-refractivity contribution in [3.8, 4) is 0 Å². The summed E-state index contributed by atoms with van der Waals surface area (Å²) < 4.78 is 5.50. The molecule has 0 aromatic rings. The quantitative estimate of drug-likeness (QED) is 0.198. The third-order valence-electron chi connectivity index (χ3n) is 2.74. The topological polar surface area (TPSA) is 79.9 Å². The van der Waals surface area contributed by atoms with Crippen LogP contribution in [0.1, 0.15) is 26.2 Å². The van der Waals surface area contributed by atoms with Gasteiger partial charge < -0.3 is 21.0 Å². The fourth-order valence-corrected chi connectivity index (χ4v) is 1.66. The highest BCUT2D eigenvalue weighted by Crippen LogP contribution is 2.14. The zero-order valence-electron chi connectivity index (χ0n) is 9.28.